The standard InChI is InChI=1S/C15H21N3O3S/c1-3-21-15(20)9-18-8-13(17-10-18)6-12-7-16-5-4-14(12)22-11(2)19/h6,8,10,14,16H,3-5,7,9H2,1-2H3/b12-6+. The number of carbonyl (C=O) groups excluding carboxylic acids is 2. The van der Waals surface area contributed by atoms with Crippen molar-refractivity contribution in [1.29, 1.82) is 0 Å². The van der Waals surface area contributed by atoms with Crippen LogP contribution in [-0.4, -0.2) is 45.6 Å². The van der Waals surface area contributed by atoms with Gasteiger partial charge in [-0.15, -0.1) is 0 Å². The van der Waals surface area contributed by atoms with E-state index in [-0.39, 0.29) is 22.9 Å². The molecule has 7 heteroatoms. The van der Waals surface area contributed by atoms with Gasteiger partial charge in [0.15, 0.2) is 5.12 Å². The summed E-state index contributed by atoms with van der Waals surface area (Å²) >= 11 is 1.37. The Bertz CT molecular complexity index is 568. The number of ether oxygens (including phenoxy) is 1. The van der Waals surface area contributed by atoms with E-state index in [4.69, 9.17) is 4.74 Å². The van der Waals surface area contributed by atoms with Gasteiger partial charge in [-0.1, -0.05) is 11.8 Å². The van der Waals surface area contributed by atoms with Crippen molar-refractivity contribution in [2.45, 2.75) is 32.1 Å². The Balaban J connectivity index is 2.05. The molecule has 1 saturated heterocycles. The summed E-state index contributed by atoms with van der Waals surface area (Å²) in [5.74, 6) is -0.275. The van der Waals surface area contributed by atoms with Gasteiger partial charge in [0.1, 0.15) is 6.54 Å². The average Bonchev–Trinajstić information content (AvgIpc) is 2.88. The van der Waals surface area contributed by atoms with Gasteiger partial charge >= 0.3 is 5.97 Å². The highest BCUT2D eigenvalue weighted by Crippen LogP contribution is 2.26. The van der Waals surface area contributed by atoms with Crippen LogP contribution in [0.2, 0.25) is 0 Å². The minimum atomic E-state index is -0.275. The number of hydrogen-bond donors (Lipinski definition) is 1. The molecule has 1 aliphatic rings. The molecule has 1 N–H and O–H groups in total. The lowest BCUT2D eigenvalue weighted by Crippen LogP contribution is -2.32. The summed E-state index contributed by atoms with van der Waals surface area (Å²) in [7, 11) is 0. The second-order valence-corrected chi connectivity index (χ2v) is 6.44. The van der Waals surface area contributed by atoms with E-state index in [0.29, 0.717) is 6.61 Å². The third-order valence-corrected chi connectivity index (χ3v) is 4.39. The molecule has 1 aromatic rings. The smallest absolute Gasteiger partial charge is 0.325 e. The van der Waals surface area contributed by atoms with Gasteiger partial charge in [0, 0.05) is 24.9 Å². The minimum Gasteiger partial charge on any atom is -0.465 e. The van der Waals surface area contributed by atoms with E-state index < -0.39 is 0 Å². The Morgan fingerprint density at radius 3 is 3.14 bits per heavy atom. The van der Waals surface area contributed by atoms with Gasteiger partial charge in [0.05, 0.1) is 18.6 Å². The van der Waals surface area contributed by atoms with Crippen LogP contribution in [0.1, 0.15) is 26.0 Å². The second kappa shape index (κ2) is 8.14. The van der Waals surface area contributed by atoms with Crippen LogP contribution in [0.5, 0.6) is 0 Å². The molecule has 1 aromatic heterocycles. The Morgan fingerprint density at radius 2 is 2.41 bits per heavy atom. The van der Waals surface area contributed by atoms with E-state index >= 15 is 0 Å². The van der Waals surface area contributed by atoms with E-state index in [1.165, 1.54) is 11.8 Å². The molecular formula is C15H21N3O3S. The van der Waals surface area contributed by atoms with Gasteiger partial charge in [0.25, 0.3) is 0 Å². The molecule has 2 rings (SSSR count). The van der Waals surface area contributed by atoms with E-state index in [9.17, 15) is 9.59 Å². The number of nitrogens with one attached hydrogen (secondary N) is 1. The SMILES string of the molecule is CCOC(=O)Cn1cnc(/C=C2\CNCCC2SC(C)=O)c1. The lowest BCUT2D eigenvalue weighted by Gasteiger charge is -2.24. The third-order valence-electron chi connectivity index (χ3n) is 3.24. The molecule has 0 saturated carbocycles. The number of aromatic nitrogens is 2. The van der Waals surface area contributed by atoms with Gasteiger partial charge in [-0.2, -0.15) is 0 Å². The number of thioether (sulfide) groups is 1. The van der Waals surface area contributed by atoms with Crippen molar-refractivity contribution in [2.75, 3.05) is 19.7 Å². The van der Waals surface area contributed by atoms with Crippen LogP contribution in [0.4, 0.5) is 0 Å². The molecular weight excluding hydrogens is 302 g/mol. The molecule has 2 heterocycles. The van der Waals surface area contributed by atoms with E-state index in [0.717, 1.165) is 30.8 Å². The summed E-state index contributed by atoms with van der Waals surface area (Å²) in [6.45, 7) is 5.59. The molecule has 6 nitrogen and oxygen atoms in total. The number of nitrogens with zero attached hydrogens (tertiary/aromatic N) is 2. The van der Waals surface area contributed by atoms with Gasteiger partial charge < -0.3 is 14.6 Å². The van der Waals surface area contributed by atoms with Gasteiger partial charge in [-0.25, -0.2) is 4.98 Å². The lowest BCUT2D eigenvalue weighted by atomic mass is 10.1. The van der Waals surface area contributed by atoms with Crippen molar-refractivity contribution in [3.8, 4) is 0 Å². The maximum absolute atomic E-state index is 11.4. The van der Waals surface area contributed by atoms with Gasteiger partial charge in [0.2, 0.25) is 0 Å². The molecule has 0 amide bonds. The third kappa shape index (κ3) is 4.99. The van der Waals surface area contributed by atoms with Crippen molar-refractivity contribution in [3.05, 3.63) is 23.8 Å². The summed E-state index contributed by atoms with van der Waals surface area (Å²) in [5.41, 5.74) is 1.95. The zero-order valence-corrected chi connectivity index (χ0v) is 13.7. The summed E-state index contributed by atoms with van der Waals surface area (Å²) in [6, 6.07) is 0. The van der Waals surface area contributed by atoms with E-state index in [2.05, 4.69) is 10.3 Å². The Hall–Kier alpha value is -1.60. The van der Waals surface area contributed by atoms with Gasteiger partial charge in [-0.3, -0.25) is 9.59 Å². The van der Waals surface area contributed by atoms with Crippen LogP contribution in [0.3, 0.4) is 0 Å². The van der Waals surface area contributed by atoms with Crippen molar-refractivity contribution < 1.29 is 14.3 Å². The quantitative estimate of drug-likeness (QED) is 0.827. The molecule has 1 unspecified atom stereocenters. The number of rotatable bonds is 5. The van der Waals surface area contributed by atoms with Crippen LogP contribution in [0.15, 0.2) is 18.1 Å². The Morgan fingerprint density at radius 1 is 1.59 bits per heavy atom. The molecule has 0 aromatic carbocycles. The summed E-state index contributed by atoms with van der Waals surface area (Å²) < 4.78 is 6.61. The van der Waals surface area contributed by atoms with Crippen molar-refractivity contribution in [1.82, 2.24) is 14.9 Å². The molecule has 1 fully saturated rings. The predicted molar refractivity (Wildman–Crippen MR) is 86.4 cm³/mol. The maximum Gasteiger partial charge on any atom is 0.325 e. The molecule has 0 bridgehead atoms. The fourth-order valence-electron chi connectivity index (χ4n) is 2.33. The Kier molecular flexibility index (Phi) is 6.21. The van der Waals surface area contributed by atoms with E-state index in [1.807, 2.05) is 12.3 Å². The normalized spacial score (nSPS) is 20.1. The average molecular weight is 323 g/mol. The van der Waals surface area contributed by atoms with Crippen molar-refractivity contribution in [3.63, 3.8) is 0 Å². The molecule has 0 radical (unpaired) electrons. The number of esters is 1. The molecule has 1 atom stereocenters. The monoisotopic (exact) mass is 323 g/mol. The lowest BCUT2D eigenvalue weighted by molar-refractivity contribution is -0.143. The fourth-order valence-corrected chi connectivity index (χ4v) is 3.27. The summed E-state index contributed by atoms with van der Waals surface area (Å²) in [4.78, 5) is 27.1. The number of hydrogen-bond acceptors (Lipinski definition) is 6. The minimum absolute atomic E-state index is 0.130. The van der Waals surface area contributed by atoms with Crippen molar-refractivity contribution in [2.24, 2.45) is 0 Å². The molecule has 0 aliphatic carbocycles. The zero-order chi connectivity index (χ0) is 15.9. The first-order chi connectivity index (χ1) is 10.6. The molecule has 0 spiro atoms. The largest absolute Gasteiger partial charge is 0.465 e. The highest BCUT2D eigenvalue weighted by molar-refractivity contribution is 8.14. The number of imidazole rings is 1. The zero-order valence-electron chi connectivity index (χ0n) is 12.9. The highest BCUT2D eigenvalue weighted by atomic mass is 32.2. The fraction of sp³-hybridized carbons (Fsp3) is 0.533. The topological polar surface area (TPSA) is 73.2 Å². The first kappa shape index (κ1) is 16.8. The van der Waals surface area contributed by atoms with Crippen molar-refractivity contribution >= 4 is 28.9 Å². The second-order valence-electron chi connectivity index (χ2n) is 5.06. The van der Waals surface area contributed by atoms with Crippen LogP contribution in [0.25, 0.3) is 6.08 Å². The first-order valence-corrected chi connectivity index (χ1v) is 8.22. The van der Waals surface area contributed by atoms with E-state index in [1.54, 1.807) is 24.7 Å². The maximum atomic E-state index is 11.4. The van der Waals surface area contributed by atoms with Crippen LogP contribution in [-0.2, 0) is 20.9 Å². The molecule has 1 aliphatic heterocycles. The Labute approximate surface area is 134 Å². The van der Waals surface area contributed by atoms with Crippen LogP contribution in [0, 0.1) is 0 Å². The van der Waals surface area contributed by atoms with Crippen LogP contribution >= 0.6 is 11.8 Å². The number of piperidine rings is 1. The first-order valence-electron chi connectivity index (χ1n) is 7.34. The highest BCUT2D eigenvalue weighted by Gasteiger charge is 2.21. The van der Waals surface area contributed by atoms with Gasteiger partial charge in [-0.05, 0) is 31.5 Å². The summed E-state index contributed by atoms with van der Waals surface area (Å²) in [5, 5.41) is 3.65. The summed E-state index contributed by atoms with van der Waals surface area (Å²) in [6.07, 6.45) is 6.36. The van der Waals surface area contributed by atoms with Crippen LogP contribution < -0.4 is 5.32 Å². The molecule has 120 valence electrons. The predicted octanol–water partition coefficient (Wildman–Crippen LogP) is 1.47. The molecule has 22 heavy (non-hydrogen) atoms. The number of carbonyl (C=O) groups is 2.